The maximum Gasteiger partial charge on any atom is 0.221 e. The summed E-state index contributed by atoms with van der Waals surface area (Å²) in [6, 6.07) is 7.75. The zero-order valence-electron chi connectivity index (χ0n) is 12.0. The summed E-state index contributed by atoms with van der Waals surface area (Å²) in [6.45, 7) is 5.81. The minimum Gasteiger partial charge on any atom is -0.486 e. The lowest BCUT2D eigenvalue weighted by Gasteiger charge is -2.26. The molecule has 20 heavy (non-hydrogen) atoms. The van der Waals surface area contributed by atoms with Gasteiger partial charge < -0.3 is 20.1 Å². The number of para-hydroxylation sites is 2. The SMILES string of the molecule is CCNC(C)CC(=O)NCC1COc2ccccc2O1. The molecule has 1 heterocycles. The minimum atomic E-state index is -0.136. The van der Waals surface area contributed by atoms with Crippen LogP contribution in [0.25, 0.3) is 0 Å². The normalized spacial score (nSPS) is 18.4. The molecule has 2 rings (SSSR count). The van der Waals surface area contributed by atoms with Crippen LogP contribution in [0.15, 0.2) is 24.3 Å². The van der Waals surface area contributed by atoms with Crippen molar-refractivity contribution < 1.29 is 14.3 Å². The van der Waals surface area contributed by atoms with Crippen LogP contribution in [-0.2, 0) is 4.79 Å². The first kappa shape index (κ1) is 14.7. The maximum absolute atomic E-state index is 11.8. The highest BCUT2D eigenvalue weighted by molar-refractivity contribution is 5.76. The number of nitrogens with one attached hydrogen (secondary N) is 2. The van der Waals surface area contributed by atoms with Crippen molar-refractivity contribution in [2.75, 3.05) is 19.7 Å². The van der Waals surface area contributed by atoms with E-state index in [1.807, 2.05) is 38.1 Å². The molecule has 1 aromatic carbocycles. The van der Waals surface area contributed by atoms with E-state index in [-0.39, 0.29) is 18.1 Å². The molecule has 1 aliphatic rings. The Labute approximate surface area is 119 Å². The number of rotatable bonds is 6. The summed E-state index contributed by atoms with van der Waals surface area (Å²) in [6.07, 6.45) is 0.334. The molecule has 1 aromatic rings. The van der Waals surface area contributed by atoms with E-state index < -0.39 is 0 Å². The molecule has 0 saturated carbocycles. The third kappa shape index (κ3) is 4.13. The standard InChI is InChI=1S/C15H22N2O3/c1-3-16-11(2)8-15(18)17-9-12-10-19-13-6-4-5-7-14(13)20-12/h4-7,11-12,16H,3,8-10H2,1-2H3,(H,17,18). The molecule has 0 fully saturated rings. The molecular formula is C15H22N2O3. The van der Waals surface area contributed by atoms with Crippen molar-refractivity contribution in [3.8, 4) is 11.5 Å². The fourth-order valence-corrected chi connectivity index (χ4v) is 2.16. The van der Waals surface area contributed by atoms with E-state index in [1.165, 1.54) is 0 Å². The first-order chi connectivity index (χ1) is 9.69. The zero-order chi connectivity index (χ0) is 14.4. The fraction of sp³-hybridized carbons (Fsp3) is 0.533. The molecule has 110 valence electrons. The summed E-state index contributed by atoms with van der Waals surface area (Å²) in [5, 5.41) is 6.10. The van der Waals surface area contributed by atoms with Crippen molar-refractivity contribution in [1.29, 1.82) is 0 Å². The van der Waals surface area contributed by atoms with Gasteiger partial charge in [-0.3, -0.25) is 4.79 Å². The average Bonchev–Trinajstić information content (AvgIpc) is 2.45. The molecule has 2 unspecified atom stereocenters. The molecule has 5 nitrogen and oxygen atoms in total. The van der Waals surface area contributed by atoms with E-state index in [2.05, 4.69) is 10.6 Å². The van der Waals surface area contributed by atoms with E-state index in [0.717, 1.165) is 18.0 Å². The van der Waals surface area contributed by atoms with Gasteiger partial charge in [-0.15, -0.1) is 0 Å². The molecule has 1 amide bonds. The third-order valence-electron chi connectivity index (χ3n) is 3.14. The van der Waals surface area contributed by atoms with E-state index in [4.69, 9.17) is 9.47 Å². The minimum absolute atomic E-state index is 0.0286. The van der Waals surface area contributed by atoms with Crippen LogP contribution in [0.3, 0.4) is 0 Å². The van der Waals surface area contributed by atoms with Gasteiger partial charge in [0.2, 0.25) is 5.91 Å². The Morgan fingerprint density at radius 2 is 2.15 bits per heavy atom. The third-order valence-corrected chi connectivity index (χ3v) is 3.14. The Balaban J connectivity index is 1.74. The van der Waals surface area contributed by atoms with Crippen LogP contribution in [0.5, 0.6) is 11.5 Å². The van der Waals surface area contributed by atoms with Crippen LogP contribution >= 0.6 is 0 Å². The number of carbonyl (C=O) groups is 1. The molecule has 0 aliphatic carbocycles. The Morgan fingerprint density at radius 3 is 2.90 bits per heavy atom. The highest BCUT2D eigenvalue weighted by Crippen LogP contribution is 2.30. The van der Waals surface area contributed by atoms with E-state index >= 15 is 0 Å². The molecule has 0 aromatic heterocycles. The lowest BCUT2D eigenvalue weighted by atomic mass is 10.2. The summed E-state index contributed by atoms with van der Waals surface area (Å²) >= 11 is 0. The van der Waals surface area contributed by atoms with Crippen LogP contribution < -0.4 is 20.1 Å². The van der Waals surface area contributed by atoms with E-state index in [9.17, 15) is 4.79 Å². The van der Waals surface area contributed by atoms with Gasteiger partial charge >= 0.3 is 0 Å². The fourth-order valence-electron chi connectivity index (χ4n) is 2.16. The lowest BCUT2D eigenvalue weighted by Crippen LogP contribution is -2.42. The van der Waals surface area contributed by atoms with Gasteiger partial charge in [0, 0.05) is 12.5 Å². The topological polar surface area (TPSA) is 59.6 Å². The molecule has 0 bridgehead atoms. The quantitative estimate of drug-likeness (QED) is 0.824. The Hall–Kier alpha value is -1.75. The van der Waals surface area contributed by atoms with E-state index in [0.29, 0.717) is 19.6 Å². The monoisotopic (exact) mass is 278 g/mol. The summed E-state index contributed by atoms with van der Waals surface area (Å²) in [4.78, 5) is 11.8. The molecule has 5 heteroatoms. The smallest absolute Gasteiger partial charge is 0.221 e. The molecule has 1 aliphatic heterocycles. The molecule has 0 saturated heterocycles. The molecule has 0 radical (unpaired) electrons. The number of benzene rings is 1. The van der Waals surface area contributed by atoms with Gasteiger partial charge in [-0.1, -0.05) is 19.1 Å². The predicted molar refractivity (Wildman–Crippen MR) is 77.1 cm³/mol. The molecule has 2 atom stereocenters. The van der Waals surface area contributed by atoms with Gasteiger partial charge in [-0.05, 0) is 25.6 Å². The van der Waals surface area contributed by atoms with E-state index in [1.54, 1.807) is 0 Å². The second-order valence-electron chi connectivity index (χ2n) is 4.96. The Kier molecular flexibility index (Phi) is 5.24. The summed E-state index contributed by atoms with van der Waals surface area (Å²) in [5.41, 5.74) is 0. The van der Waals surface area contributed by atoms with Crippen molar-refractivity contribution in [1.82, 2.24) is 10.6 Å². The van der Waals surface area contributed by atoms with Crippen LogP contribution in [-0.4, -0.2) is 37.7 Å². The highest BCUT2D eigenvalue weighted by atomic mass is 16.6. The number of carbonyl (C=O) groups excluding carboxylic acids is 1. The number of hydrogen-bond acceptors (Lipinski definition) is 4. The van der Waals surface area contributed by atoms with Crippen LogP contribution in [0.4, 0.5) is 0 Å². The number of hydrogen-bond donors (Lipinski definition) is 2. The van der Waals surface area contributed by atoms with Crippen molar-refractivity contribution in [3.05, 3.63) is 24.3 Å². The second-order valence-corrected chi connectivity index (χ2v) is 4.96. The maximum atomic E-state index is 11.8. The van der Waals surface area contributed by atoms with Gasteiger partial charge in [0.05, 0.1) is 6.54 Å². The highest BCUT2D eigenvalue weighted by Gasteiger charge is 2.21. The van der Waals surface area contributed by atoms with Crippen LogP contribution in [0.1, 0.15) is 20.3 Å². The van der Waals surface area contributed by atoms with Crippen molar-refractivity contribution in [3.63, 3.8) is 0 Å². The second kappa shape index (κ2) is 7.14. The summed E-state index contributed by atoms with van der Waals surface area (Å²) in [7, 11) is 0. The van der Waals surface area contributed by atoms with Crippen molar-refractivity contribution in [2.24, 2.45) is 0 Å². The first-order valence-electron chi connectivity index (χ1n) is 7.07. The van der Waals surface area contributed by atoms with Gasteiger partial charge in [-0.25, -0.2) is 0 Å². The van der Waals surface area contributed by atoms with Crippen LogP contribution in [0, 0.1) is 0 Å². The predicted octanol–water partition coefficient (Wildman–Crippen LogP) is 1.33. The number of fused-ring (bicyclic) bond motifs is 1. The van der Waals surface area contributed by atoms with Gasteiger partial charge in [-0.2, -0.15) is 0 Å². The van der Waals surface area contributed by atoms with Crippen molar-refractivity contribution >= 4 is 5.91 Å². The number of ether oxygens (including phenoxy) is 2. The summed E-state index contributed by atoms with van der Waals surface area (Å²) < 4.78 is 11.4. The zero-order valence-corrected chi connectivity index (χ0v) is 12.0. The van der Waals surface area contributed by atoms with Crippen LogP contribution in [0.2, 0.25) is 0 Å². The van der Waals surface area contributed by atoms with Gasteiger partial charge in [0.15, 0.2) is 11.5 Å². The van der Waals surface area contributed by atoms with Crippen molar-refractivity contribution in [2.45, 2.75) is 32.4 Å². The first-order valence-corrected chi connectivity index (χ1v) is 7.07. The Morgan fingerprint density at radius 1 is 1.40 bits per heavy atom. The van der Waals surface area contributed by atoms with Gasteiger partial charge in [0.1, 0.15) is 12.7 Å². The lowest BCUT2D eigenvalue weighted by molar-refractivity contribution is -0.122. The average molecular weight is 278 g/mol. The molecular weight excluding hydrogens is 256 g/mol. The Bertz CT molecular complexity index is 450. The largest absolute Gasteiger partial charge is 0.486 e. The molecule has 2 N–H and O–H groups in total. The molecule has 0 spiro atoms. The van der Waals surface area contributed by atoms with Gasteiger partial charge in [0.25, 0.3) is 0 Å². The number of amides is 1. The summed E-state index contributed by atoms with van der Waals surface area (Å²) in [5.74, 6) is 1.52.